The van der Waals surface area contributed by atoms with Gasteiger partial charge in [0.25, 0.3) is 0 Å². The highest BCUT2D eigenvalue weighted by molar-refractivity contribution is 7.19. The Morgan fingerprint density at radius 2 is 2.12 bits per heavy atom. The highest BCUT2D eigenvalue weighted by atomic mass is 35.5. The molecule has 1 aliphatic rings. The van der Waals surface area contributed by atoms with Crippen molar-refractivity contribution < 1.29 is 5.11 Å². The Morgan fingerprint density at radius 3 is 2.81 bits per heavy atom. The molecule has 2 aromatic rings. The quantitative estimate of drug-likeness (QED) is 0.890. The molecule has 0 spiro atoms. The van der Waals surface area contributed by atoms with Gasteiger partial charge in [-0.2, -0.15) is 0 Å². The number of β-amino-alcohol motifs (C(OH)–C–C–N with tert-alkyl or cyclic N) is 1. The van der Waals surface area contributed by atoms with Crippen LogP contribution in [0.4, 0.5) is 0 Å². The number of rotatable bonds is 2. The van der Waals surface area contributed by atoms with Crippen LogP contribution in [0.1, 0.15) is 4.88 Å². The van der Waals surface area contributed by atoms with E-state index >= 15 is 0 Å². The standard InChI is InChI=1S/C12H12ClNOS/c13-12-9-3-1-2-4-10(9)16-11(12)7-14-5-8(15)6-14/h1-4,8,15H,5-7H2. The Labute approximate surface area is 103 Å². The maximum Gasteiger partial charge on any atom is 0.0794 e. The van der Waals surface area contributed by atoms with Gasteiger partial charge < -0.3 is 5.11 Å². The summed E-state index contributed by atoms with van der Waals surface area (Å²) in [5.74, 6) is 0. The van der Waals surface area contributed by atoms with E-state index in [2.05, 4.69) is 17.0 Å². The van der Waals surface area contributed by atoms with Crippen molar-refractivity contribution in [3.8, 4) is 0 Å². The van der Waals surface area contributed by atoms with Gasteiger partial charge in [0.1, 0.15) is 0 Å². The molecule has 1 aromatic carbocycles. The normalized spacial score (nSPS) is 17.9. The summed E-state index contributed by atoms with van der Waals surface area (Å²) in [7, 11) is 0. The molecule has 0 saturated carbocycles. The zero-order valence-corrected chi connectivity index (χ0v) is 10.3. The Morgan fingerprint density at radius 1 is 1.38 bits per heavy atom. The SMILES string of the molecule is OC1CN(Cc2sc3ccccc3c2Cl)C1. The van der Waals surface area contributed by atoms with Crippen LogP contribution < -0.4 is 0 Å². The number of hydrogen-bond donors (Lipinski definition) is 1. The topological polar surface area (TPSA) is 23.5 Å². The predicted molar refractivity (Wildman–Crippen MR) is 68.1 cm³/mol. The lowest BCUT2D eigenvalue weighted by Gasteiger charge is -2.35. The van der Waals surface area contributed by atoms with Gasteiger partial charge in [-0.3, -0.25) is 4.90 Å². The molecule has 84 valence electrons. The molecule has 1 fully saturated rings. The first-order chi connectivity index (χ1) is 7.74. The van der Waals surface area contributed by atoms with Crippen LogP contribution in [0.25, 0.3) is 10.1 Å². The Balaban J connectivity index is 1.89. The van der Waals surface area contributed by atoms with E-state index in [0.717, 1.165) is 30.0 Å². The predicted octanol–water partition coefficient (Wildman–Crippen LogP) is 2.73. The second kappa shape index (κ2) is 4.00. The van der Waals surface area contributed by atoms with Crippen LogP contribution in [0.5, 0.6) is 0 Å². The van der Waals surface area contributed by atoms with Crippen molar-refractivity contribution >= 4 is 33.0 Å². The maximum atomic E-state index is 9.23. The number of hydrogen-bond acceptors (Lipinski definition) is 3. The maximum absolute atomic E-state index is 9.23. The van der Waals surface area contributed by atoms with Gasteiger partial charge in [0, 0.05) is 34.6 Å². The minimum Gasteiger partial charge on any atom is -0.390 e. The highest BCUT2D eigenvalue weighted by Gasteiger charge is 2.25. The summed E-state index contributed by atoms with van der Waals surface area (Å²) >= 11 is 8.09. The number of benzene rings is 1. The van der Waals surface area contributed by atoms with Crippen LogP contribution in [0, 0.1) is 0 Å². The lowest BCUT2D eigenvalue weighted by Crippen LogP contribution is -2.49. The number of nitrogens with zero attached hydrogens (tertiary/aromatic N) is 1. The molecule has 1 N–H and O–H groups in total. The van der Waals surface area contributed by atoms with Gasteiger partial charge in [-0.15, -0.1) is 11.3 Å². The summed E-state index contributed by atoms with van der Waals surface area (Å²) in [4.78, 5) is 3.41. The summed E-state index contributed by atoms with van der Waals surface area (Å²) in [6.07, 6.45) is -0.145. The van der Waals surface area contributed by atoms with E-state index in [1.54, 1.807) is 11.3 Å². The first-order valence-electron chi connectivity index (χ1n) is 5.30. The van der Waals surface area contributed by atoms with Gasteiger partial charge in [-0.25, -0.2) is 0 Å². The van der Waals surface area contributed by atoms with Crippen molar-refractivity contribution in [1.82, 2.24) is 4.90 Å². The van der Waals surface area contributed by atoms with Crippen molar-refractivity contribution in [3.63, 3.8) is 0 Å². The van der Waals surface area contributed by atoms with Crippen LogP contribution in [0.15, 0.2) is 24.3 Å². The summed E-state index contributed by atoms with van der Waals surface area (Å²) in [5, 5.41) is 11.3. The highest BCUT2D eigenvalue weighted by Crippen LogP contribution is 2.36. The van der Waals surface area contributed by atoms with Gasteiger partial charge in [0.2, 0.25) is 0 Å². The largest absolute Gasteiger partial charge is 0.390 e. The van der Waals surface area contributed by atoms with E-state index in [-0.39, 0.29) is 6.10 Å². The van der Waals surface area contributed by atoms with Crippen LogP contribution in [-0.2, 0) is 6.54 Å². The second-order valence-electron chi connectivity index (χ2n) is 4.18. The average Bonchev–Trinajstić information content (AvgIpc) is 2.55. The van der Waals surface area contributed by atoms with E-state index in [1.807, 2.05) is 12.1 Å². The van der Waals surface area contributed by atoms with Gasteiger partial charge in [-0.1, -0.05) is 29.8 Å². The fraction of sp³-hybridized carbons (Fsp3) is 0.333. The van der Waals surface area contributed by atoms with Crippen LogP contribution in [0.2, 0.25) is 5.02 Å². The molecule has 1 saturated heterocycles. The molecule has 16 heavy (non-hydrogen) atoms. The fourth-order valence-electron chi connectivity index (χ4n) is 2.04. The molecule has 2 nitrogen and oxygen atoms in total. The first kappa shape index (κ1) is 10.5. The minimum atomic E-state index is -0.145. The monoisotopic (exact) mass is 253 g/mol. The van der Waals surface area contributed by atoms with Crippen molar-refractivity contribution in [3.05, 3.63) is 34.2 Å². The molecular weight excluding hydrogens is 242 g/mol. The Kier molecular flexibility index (Phi) is 2.64. The average molecular weight is 254 g/mol. The molecule has 0 atom stereocenters. The van der Waals surface area contributed by atoms with Gasteiger partial charge in [-0.05, 0) is 6.07 Å². The fourth-order valence-corrected chi connectivity index (χ4v) is 3.58. The summed E-state index contributed by atoms with van der Waals surface area (Å²) in [6, 6.07) is 8.20. The molecule has 1 aromatic heterocycles. The molecule has 4 heteroatoms. The smallest absolute Gasteiger partial charge is 0.0794 e. The second-order valence-corrected chi connectivity index (χ2v) is 5.70. The molecule has 0 bridgehead atoms. The first-order valence-corrected chi connectivity index (χ1v) is 6.50. The number of likely N-dealkylation sites (tertiary alicyclic amines) is 1. The van der Waals surface area contributed by atoms with Gasteiger partial charge in [0.05, 0.1) is 11.1 Å². The summed E-state index contributed by atoms with van der Waals surface area (Å²) in [5.41, 5.74) is 0. The van der Waals surface area contributed by atoms with Crippen molar-refractivity contribution in [2.75, 3.05) is 13.1 Å². The Hall–Kier alpha value is -0.610. The Bertz CT molecular complexity index is 519. The zero-order chi connectivity index (χ0) is 11.1. The lowest BCUT2D eigenvalue weighted by atomic mass is 10.1. The minimum absolute atomic E-state index is 0.145. The molecule has 1 aliphatic heterocycles. The van der Waals surface area contributed by atoms with Gasteiger partial charge in [0.15, 0.2) is 0 Å². The molecule has 0 radical (unpaired) electrons. The van der Waals surface area contributed by atoms with E-state index in [9.17, 15) is 5.11 Å². The number of thiophene rings is 1. The molecule has 2 heterocycles. The van der Waals surface area contributed by atoms with E-state index in [1.165, 1.54) is 9.58 Å². The molecule has 3 rings (SSSR count). The van der Waals surface area contributed by atoms with Crippen LogP contribution in [0.3, 0.4) is 0 Å². The zero-order valence-electron chi connectivity index (χ0n) is 8.69. The third-order valence-electron chi connectivity index (χ3n) is 2.91. The van der Waals surface area contributed by atoms with E-state index in [4.69, 9.17) is 11.6 Å². The van der Waals surface area contributed by atoms with Crippen LogP contribution >= 0.6 is 22.9 Å². The van der Waals surface area contributed by atoms with Crippen molar-refractivity contribution in [1.29, 1.82) is 0 Å². The third-order valence-corrected chi connectivity index (χ3v) is 4.61. The molecule has 0 amide bonds. The number of aliphatic hydroxyl groups is 1. The number of fused-ring (bicyclic) bond motifs is 1. The summed E-state index contributed by atoms with van der Waals surface area (Å²) in [6.45, 7) is 2.39. The third kappa shape index (κ3) is 1.74. The molecule has 0 aliphatic carbocycles. The molecule has 0 unspecified atom stereocenters. The number of aliphatic hydroxyl groups excluding tert-OH is 1. The molecular formula is C12H12ClNOS. The summed E-state index contributed by atoms with van der Waals surface area (Å²) < 4.78 is 1.24. The van der Waals surface area contributed by atoms with E-state index < -0.39 is 0 Å². The van der Waals surface area contributed by atoms with E-state index in [0.29, 0.717) is 0 Å². The van der Waals surface area contributed by atoms with Gasteiger partial charge >= 0.3 is 0 Å². The van der Waals surface area contributed by atoms with Crippen molar-refractivity contribution in [2.24, 2.45) is 0 Å². The lowest BCUT2D eigenvalue weighted by molar-refractivity contribution is -0.00226. The number of halogens is 1. The van der Waals surface area contributed by atoms with Crippen LogP contribution in [-0.4, -0.2) is 29.2 Å². The van der Waals surface area contributed by atoms with Crippen molar-refractivity contribution in [2.45, 2.75) is 12.6 Å².